The van der Waals surface area contributed by atoms with Crippen LogP contribution in [-0.2, 0) is 4.79 Å². The van der Waals surface area contributed by atoms with Crippen molar-refractivity contribution in [2.45, 2.75) is 26.3 Å². The highest BCUT2D eigenvalue weighted by molar-refractivity contribution is 7.17. The first-order valence-electron chi connectivity index (χ1n) is 7.29. The monoisotopic (exact) mass is 327 g/mol. The Morgan fingerprint density at radius 3 is 2.65 bits per heavy atom. The van der Waals surface area contributed by atoms with Gasteiger partial charge in [-0.05, 0) is 18.9 Å². The first-order valence-corrected chi connectivity index (χ1v) is 8.17. The van der Waals surface area contributed by atoms with Crippen LogP contribution >= 0.6 is 11.3 Å². The van der Waals surface area contributed by atoms with E-state index in [-0.39, 0.29) is 12.0 Å². The minimum atomic E-state index is -1.28. The molecule has 0 aliphatic carbocycles. The molecule has 0 aliphatic heterocycles. The first-order chi connectivity index (χ1) is 11.0. The minimum Gasteiger partial charge on any atom is -0.548 e. The standard InChI is InChI=1S/C17H16N2O3S/c1-3-13(17(21)22)19-9-18-15-14(16(19)20)12(8-23-15)11-6-4-10(2)5-7-11/h4-9,13H,3H2,1-2H3,(H,21,22)/p-1/t13-/m0/s1. The Bertz CT molecular complexity index is 925. The Morgan fingerprint density at radius 2 is 2.04 bits per heavy atom. The summed E-state index contributed by atoms with van der Waals surface area (Å²) >= 11 is 1.38. The predicted molar refractivity (Wildman–Crippen MR) is 88.4 cm³/mol. The maximum absolute atomic E-state index is 12.8. The molecule has 3 aromatic rings. The van der Waals surface area contributed by atoms with Gasteiger partial charge in [0.1, 0.15) is 4.83 Å². The van der Waals surface area contributed by atoms with Crippen molar-refractivity contribution in [3.05, 3.63) is 51.9 Å². The van der Waals surface area contributed by atoms with Crippen molar-refractivity contribution in [1.82, 2.24) is 9.55 Å². The zero-order valence-corrected chi connectivity index (χ0v) is 13.6. The fourth-order valence-corrected chi connectivity index (χ4v) is 3.50. The van der Waals surface area contributed by atoms with Crippen LogP contribution in [0.2, 0.25) is 0 Å². The van der Waals surface area contributed by atoms with E-state index in [9.17, 15) is 14.7 Å². The lowest BCUT2D eigenvalue weighted by atomic mass is 10.0. The molecule has 23 heavy (non-hydrogen) atoms. The number of fused-ring (bicyclic) bond motifs is 1. The molecular formula is C17H15N2O3S-. The number of carbonyl (C=O) groups is 1. The maximum Gasteiger partial charge on any atom is 0.263 e. The number of hydrogen-bond donors (Lipinski definition) is 0. The molecular weight excluding hydrogens is 312 g/mol. The van der Waals surface area contributed by atoms with E-state index in [0.29, 0.717) is 10.2 Å². The Hall–Kier alpha value is -2.47. The molecule has 0 bridgehead atoms. The summed E-state index contributed by atoms with van der Waals surface area (Å²) in [4.78, 5) is 28.9. The van der Waals surface area contributed by atoms with E-state index in [4.69, 9.17) is 0 Å². The second-order valence-electron chi connectivity index (χ2n) is 5.40. The van der Waals surface area contributed by atoms with E-state index < -0.39 is 12.0 Å². The lowest BCUT2D eigenvalue weighted by Gasteiger charge is -2.18. The average Bonchev–Trinajstić information content (AvgIpc) is 2.95. The number of aromatic nitrogens is 2. The zero-order chi connectivity index (χ0) is 16.6. The lowest BCUT2D eigenvalue weighted by molar-refractivity contribution is -0.310. The van der Waals surface area contributed by atoms with Crippen LogP contribution in [0.25, 0.3) is 21.3 Å². The van der Waals surface area contributed by atoms with Crippen LogP contribution in [0, 0.1) is 6.92 Å². The topological polar surface area (TPSA) is 75.0 Å². The summed E-state index contributed by atoms with van der Waals surface area (Å²) in [5, 5.41) is 13.6. The van der Waals surface area contributed by atoms with Crippen molar-refractivity contribution in [1.29, 1.82) is 0 Å². The van der Waals surface area contributed by atoms with Gasteiger partial charge in [0, 0.05) is 10.9 Å². The molecule has 0 radical (unpaired) electrons. The Balaban J connectivity index is 2.24. The number of aryl methyl sites for hydroxylation is 1. The molecule has 0 amide bonds. The molecule has 5 nitrogen and oxygen atoms in total. The van der Waals surface area contributed by atoms with E-state index in [1.165, 1.54) is 17.7 Å². The summed E-state index contributed by atoms with van der Waals surface area (Å²) in [7, 11) is 0. The largest absolute Gasteiger partial charge is 0.548 e. The lowest BCUT2D eigenvalue weighted by Crippen LogP contribution is -2.37. The predicted octanol–water partition coefficient (Wildman–Crippen LogP) is 2.13. The molecule has 1 aromatic carbocycles. The van der Waals surface area contributed by atoms with Gasteiger partial charge in [0.15, 0.2) is 0 Å². The minimum absolute atomic E-state index is 0.263. The Morgan fingerprint density at radius 1 is 1.35 bits per heavy atom. The van der Waals surface area contributed by atoms with Crippen molar-refractivity contribution in [2.75, 3.05) is 0 Å². The molecule has 0 aliphatic rings. The normalized spacial score (nSPS) is 12.4. The number of carboxylic acid groups (broad SMARTS) is 1. The summed E-state index contributed by atoms with van der Waals surface area (Å²) in [6.45, 7) is 3.70. The number of benzene rings is 1. The Kier molecular flexibility index (Phi) is 4.00. The van der Waals surface area contributed by atoms with Crippen LogP contribution in [0.1, 0.15) is 24.9 Å². The van der Waals surface area contributed by atoms with Crippen LogP contribution in [-0.4, -0.2) is 15.5 Å². The van der Waals surface area contributed by atoms with Crippen molar-refractivity contribution in [2.24, 2.45) is 0 Å². The van der Waals surface area contributed by atoms with E-state index >= 15 is 0 Å². The third-order valence-electron chi connectivity index (χ3n) is 3.88. The van der Waals surface area contributed by atoms with Crippen molar-refractivity contribution >= 4 is 27.5 Å². The van der Waals surface area contributed by atoms with Crippen LogP contribution in [0.15, 0.2) is 40.8 Å². The summed E-state index contributed by atoms with van der Waals surface area (Å²) in [5.74, 6) is -1.28. The molecule has 3 rings (SSSR count). The zero-order valence-electron chi connectivity index (χ0n) is 12.8. The van der Waals surface area contributed by atoms with Crippen LogP contribution in [0.3, 0.4) is 0 Å². The molecule has 118 valence electrons. The highest BCUT2D eigenvalue weighted by Crippen LogP contribution is 2.31. The van der Waals surface area contributed by atoms with Crippen LogP contribution in [0.5, 0.6) is 0 Å². The van der Waals surface area contributed by atoms with Gasteiger partial charge in [-0.25, -0.2) is 4.98 Å². The summed E-state index contributed by atoms with van der Waals surface area (Å²) in [6.07, 6.45) is 1.56. The molecule has 0 saturated heterocycles. The van der Waals surface area contributed by atoms with Gasteiger partial charge in [0.2, 0.25) is 0 Å². The second-order valence-corrected chi connectivity index (χ2v) is 6.25. The average molecular weight is 327 g/mol. The third-order valence-corrected chi connectivity index (χ3v) is 4.76. The van der Waals surface area contributed by atoms with Gasteiger partial charge < -0.3 is 9.90 Å². The first kappa shape index (κ1) is 15.4. The molecule has 2 aromatic heterocycles. The quantitative estimate of drug-likeness (QED) is 0.736. The van der Waals surface area contributed by atoms with Gasteiger partial charge in [-0.15, -0.1) is 11.3 Å². The number of aliphatic carboxylic acids is 1. The van der Waals surface area contributed by atoms with Gasteiger partial charge in [-0.1, -0.05) is 36.8 Å². The van der Waals surface area contributed by atoms with Crippen molar-refractivity contribution < 1.29 is 9.90 Å². The molecule has 0 N–H and O–H groups in total. The molecule has 0 fully saturated rings. The molecule has 6 heteroatoms. The van der Waals surface area contributed by atoms with Gasteiger partial charge >= 0.3 is 0 Å². The molecule has 0 spiro atoms. The number of carbonyl (C=O) groups excluding carboxylic acids is 1. The van der Waals surface area contributed by atoms with E-state index in [0.717, 1.165) is 21.3 Å². The van der Waals surface area contributed by atoms with Gasteiger partial charge in [-0.3, -0.25) is 9.36 Å². The molecule has 2 heterocycles. The van der Waals surface area contributed by atoms with Crippen molar-refractivity contribution in [3.8, 4) is 11.1 Å². The Labute approximate surface area is 136 Å². The van der Waals surface area contributed by atoms with Crippen LogP contribution in [0.4, 0.5) is 0 Å². The smallest absolute Gasteiger partial charge is 0.263 e. The molecule has 0 saturated carbocycles. The van der Waals surface area contributed by atoms with Gasteiger partial charge in [0.05, 0.1) is 23.7 Å². The second kappa shape index (κ2) is 5.96. The SMILES string of the molecule is CC[C@@H](C(=O)[O-])n1cnc2scc(-c3ccc(C)cc3)c2c1=O. The number of nitrogens with zero attached hydrogens (tertiary/aromatic N) is 2. The summed E-state index contributed by atoms with van der Waals surface area (Å²) in [5.41, 5.74) is 2.49. The fourth-order valence-electron chi connectivity index (χ4n) is 2.59. The molecule has 1 atom stereocenters. The third kappa shape index (κ3) is 2.66. The fraction of sp³-hybridized carbons (Fsp3) is 0.235. The van der Waals surface area contributed by atoms with E-state index in [2.05, 4.69) is 4.98 Å². The number of carboxylic acids is 1. The van der Waals surface area contributed by atoms with E-state index in [1.54, 1.807) is 6.92 Å². The molecule has 0 unspecified atom stereocenters. The number of rotatable bonds is 4. The maximum atomic E-state index is 12.8. The van der Waals surface area contributed by atoms with E-state index in [1.807, 2.05) is 36.6 Å². The summed E-state index contributed by atoms with van der Waals surface area (Å²) in [6, 6.07) is 6.84. The van der Waals surface area contributed by atoms with Gasteiger partial charge in [0.25, 0.3) is 5.56 Å². The van der Waals surface area contributed by atoms with Gasteiger partial charge in [-0.2, -0.15) is 0 Å². The summed E-state index contributed by atoms with van der Waals surface area (Å²) < 4.78 is 1.15. The van der Waals surface area contributed by atoms with Crippen LogP contribution < -0.4 is 10.7 Å². The number of hydrogen-bond acceptors (Lipinski definition) is 5. The number of thiophene rings is 1. The highest BCUT2D eigenvalue weighted by Gasteiger charge is 2.17. The van der Waals surface area contributed by atoms with Crippen molar-refractivity contribution in [3.63, 3.8) is 0 Å². The highest BCUT2D eigenvalue weighted by atomic mass is 32.1.